The molecular weight excluding hydrogens is 496 g/mol. The third-order valence-electron chi connectivity index (χ3n) is 8.75. The van der Waals surface area contributed by atoms with Gasteiger partial charge in [-0.05, 0) is 56.1 Å². The molecule has 1 atom stereocenters. The molecule has 1 aliphatic carbocycles. The summed E-state index contributed by atoms with van der Waals surface area (Å²) < 4.78 is 5.71. The largest absolute Gasteiger partial charge is 0.378 e. The van der Waals surface area contributed by atoms with Crippen molar-refractivity contribution in [1.82, 2.24) is 30.5 Å². The Balaban J connectivity index is 1.07. The van der Waals surface area contributed by atoms with E-state index in [0.29, 0.717) is 24.7 Å². The summed E-state index contributed by atoms with van der Waals surface area (Å²) >= 11 is 1.58. The van der Waals surface area contributed by atoms with E-state index in [1.54, 1.807) is 17.5 Å². The monoisotopic (exact) mass is 532 g/mol. The lowest BCUT2D eigenvalue weighted by molar-refractivity contribution is -0.0403. The Morgan fingerprint density at radius 1 is 1.03 bits per heavy atom. The van der Waals surface area contributed by atoms with E-state index in [-0.39, 0.29) is 5.41 Å². The summed E-state index contributed by atoms with van der Waals surface area (Å²) in [6.07, 6.45) is 13.3. The first-order valence-corrected chi connectivity index (χ1v) is 14.9. The van der Waals surface area contributed by atoms with Crippen molar-refractivity contribution in [3.8, 4) is 10.7 Å². The Kier molecular flexibility index (Phi) is 6.28. The molecule has 3 aromatic rings. The maximum atomic E-state index is 5.71. The highest BCUT2D eigenvalue weighted by atomic mass is 32.1. The van der Waals surface area contributed by atoms with Crippen LogP contribution < -0.4 is 15.1 Å². The molecule has 3 aliphatic heterocycles. The van der Waals surface area contributed by atoms with E-state index in [1.165, 1.54) is 44.2 Å². The van der Waals surface area contributed by atoms with Crippen LogP contribution in [0.4, 0.5) is 11.5 Å². The normalized spacial score (nSPS) is 23.9. The number of pyridine rings is 1. The van der Waals surface area contributed by atoms with Crippen LogP contribution in [0, 0.1) is 5.41 Å². The predicted octanol–water partition coefficient (Wildman–Crippen LogP) is 3.67. The lowest BCUT2D eigenvalue weighted by Crippen LogP contribution is -2.48. The molecule has 1 N–H and O–H groups in total. The molecule has 0 amide bonds. The maximum absolute atomic E-state index is 5.71. The zero-order chi connectivity index (χ0) is 25.6. The smallest absolute Gasteiger partial charge is 0.168 e. The van der Waals surface area contributed by atoms with E-state index in [9.17, 15) is 0 Å². The van der Waals surface area contributed by atoms with Crippen molar-refractivity contribution in [2.24, 2.45) is 5.41 Å². The van der Waals surface area contributed by atoms with Gasteiger partial charge < -0.3 is 19.9 Å². The Bertz CT molecular complexity index is 1270. The molecule has 9 nitrogen and oxygen atoms in total. The van der Waals surface area contributed by atoms with Crippen LogP contribution in [0.3, 0.4) is 0 Å². The van der Waals surface area contributed by atoms with Crippen LogP contribution in [0.2, 0.25) is 0 Å². The summed E-state index contributed by atoms with van der Waals surface area (Å²) in [6.45, 7) is 8.88. The molecule has 200 valence electrons. The highest BCUT2D eigenvalue weighted by molar-refractivity contribution is 7.14. The van der Waals surface area contributed by atoms with E-state index in [0.717, 1.165) is 59.9 Å². The number of hydrogen-bond acceptors (Lipinski definition) is 10. The first-order chi connectivity index (χ1) is 18.6. The van der Waals surface area contributed by atoms with E-state index < -0.39 is 0 Å². The van der Waals surface area contributed by atoms with Crippen molar-refractivity contribution in [1.29, 1.82) is 0 Å². The van der Waals surface area contributed by atoms with Crippen LogP contribution in [0.15, 0.2) is 30.7 Å². The number of rotatable bonds is 8. The van der Waals surface area contributed by atoms with Crippen molar-refractivity contribution in [2.45, 2.75) is 56.9 Å². The van der Waals surface area contributed by atoms with Crippen LogP contribution in [-0.4, -0.2) is 77.1 Å². The molecule has 4 fully saturated rings. The van der Waals surface area contributed by atoms with E-state index in [1.807, 2.05) is 12.4 Å². The van der Waals surface area contributed by atoms with Crippen LogP contribution in [0.1, 0.15) is 56.2 Å². The molecule has 0 spiro atoms. The minimum Gasteiger partial charge on any atom is -0.378 e. The van der Waals surface area contributed by atoms with Gasteiger partial charge in [0.2, 0.25) is 0 Å². The lowest BCUT2D eigenvalue weighted by atomic mass is 9.82. The summed E-state index contributed by atoms with van der Waals surface area (Å²) in [7, 11) is 0. The van der Waals surface area contributed by atoms with Gasteiger partial charge in [-0.15, -0.1) is 10.2 Å². The Morgan fingerprint density at radius 3 is 2.61 bits per heavy atom. The second-order valence-electron chi connectivity index (χ2n) is 11.8. The molecule has 0 unspecified atom stereocenters. The fraction of sp³-hybridized carbons (Fsp3) is 0.607. The summed E-state index contributed by atoms with van der Waals surface area (Å²) in [5, 5.41) is 14.7. The van der Waals surface area contributed by atoms with Gasteiger partial charge >= 0.3 is 0 Å². The zero-order valence-corrected chi connectivity index (χ0v) is 22.9. The number of ether oxygens (including phenoxy) is 1. The molecule has 3 aromatic heterocycles. The maximum Gasteiger partial charge on any atom is 0.168 e. The van der Waals surface area contributed by atoms with Crippen LogP contribution in [-0.2, 0) is 10.2 Å². The topological polar surface area (TPSA) is 92.2 Å². The SMILES string of the molecule is CC1(CN[C@@H]2CCCN(c3ccc(C4(c5nnc(-c6cncc(N7CCCC7)n6)s5)COC4)nc3)C2)CC1. The van der Waals surface area contributed by atoms with Crippen molar-refractivity contribution < 1.29 is 4.74 Å². The quantitative estimate of drug-likeness (QED) is 0.467. The third kappa shape index (κ3) is 4.67. The molecule has 0 aromatic carbocycles. The number of hydrogen-bond donors (Lipinski definition) is 1. The van der Waals surface area contributed by atoms with Crippen molar-refractivity contribution >= 4 is 22.8 Å². The molecule has 0 bridgehead atoms. The average molecular weight is 533 g/mol. The molecule has 38 heavy (non-hydrogen) atoms. The minimum absolute atomic E-state index is 0.347. The van der Waals surface area contributed by atoms with Crippen molar-refractivity contribution in [3.05, 3.63) is 41.4 Å². The van der Waals surface area contributed by atoms with Gasteiger partial charge in [-0.25, -0.2) is 4.98 Å². The molecule has 6 heterocycles. The van der Waals surface area contributed by atoms with E-state index >= 15 is 0 Å². The summed E-state index contributed by atoms with van der Waals surface area (Å²) in [4.78, 5) is 19.0. The Hall–Kier alpha value is -2.69. The molecule has 10 heteroatoms. The first kappa shape index (κ1) is 24.4. The number of anilines is 2. The van der Waals surface area contributed by atoms with Crippen LogP contribution in [0.5, 0.6) is 0 Å². The minimum atomic E-state index is -0.347. The number of nitrogens with zero attached hydrogens (tertiary/aromatic N) is 7. The number of piperidine rings is 1. The lowest BCUT2D eigenvalue weighted by Gasteiger charge is -2.39. The summed E-state index contributed by atoms with van der Waals surface area (Å²) in [6, 6.07) is 4.94. The zero-order valence-electron chi connectivity index (χ0n) is 22.1. The molecule has 7 rings (SSSR count). The number of nitrogens with one attached hydrogen (secondary N) is 1. The van der Waals surface area contributed by atoms with E-state index in [2.05, 4.69) is 49.4 Å². The highest BCUT2D eigenvalue weighted by Gasteiger charge is 2.47. The predicted molar refractivity (Wildman–Crippen MR) is 149 cm³/mol. The van der Waals surface area contributed by atoms with Crippen LogP contribution >= 0.6 is 11.3 Å². The van der Waals surface area contributed by atoms with Gasteiger partial charge in [-0.3, -0.25) is 9.97 Å². The molecule has 3 saturated heterocycles. The Morgan fingerprint density at radius 2 is 1.87 bits per heavy atom. The number of aromatic nitrogens is 5. The fourth-order valence-corrected chi connectivity index (χ4v) is 6.75. The molecule has 4 aliphatic rings. The van der Waals surface area contributed by atoms with Gasteiger partial charge in [0, 0.05) is 38.8 Å². The second kappa shape index (κ2) is 9.81. The molecule has 1 saturated carbocycles. The molecule has 0 radical (unpaired) electrons. The average Bonchev–Trinajstić information content (AvgIpc) is 3.31. The summed E-state index contributed by atoms with van der Waals surface area (Å²) in [5.74, 6) is 0.924. The standard InChI is InChI=1S/C28H36N8OS/c1-27(8-9-27)17-31-20-5-4-12-36(16-20)21-6-7-23(30-13-21)28(18-37-19-28)26-34-33-25(38-26)22-14-29-15-24(32-22)35-10-2-3-11-35/h6-7,13-15,20,31H,2-5,8-12,16-19H2,1H3/t20-/m1/s1. The summed E-state index contributed by atoms with van der Waals surface area (Å²) in [5.41, 5.74) is 3.17. The molecular formula is C28H36N8OS. The second-order valence-corrected chi connectivity index (χ2v) is 12.8. The van der Waals surface area contributed by atoms with Crippen LogP contribution in [0.25, 0.3) is 10.7 Å². The van der Waals surface area contributed by atoms with Gasteiger partial charge in [-0.2, -0.15) is 0 Å². The van der Waals surface area contributed by atoms with Gasteiger partial charge in [0.25, 0.3) is 0 Å². The highest BCUT2D eigenvalue weighted by Crippen LogP contribution is 2.44. The van der Waals surface area contributed by atoms with Gasteiger partial charge in [0.05, 0.1) is 43.2 Å². The third-order valence-corrected chi connectivity index (χ3v) is 9.90. The van der Waals surface area contributed by atoms with Crippen molar-refractivity contribution in [3.63, 3.8) is 0 Å². The van der Waals surface area contributed by atoms with E-state index in [4.69, 9.17) is 14.7 Å². The van der Waals surface area contributed by atoms with Gasteiger partial charge in [0.15, 0.2) is 5.01 Å². The van der Waals surface area contributed by atoms with Crippen molar-refractivity contribution in [2.75, 3.05) is 55.7 Å². The fourth-order valence-electron chi connectivity index (χ4n) is 5.78. The first-order valence-electron chi connectivity index (χ1n) is 14.0. The Labute approximate surface area is 228 Å². The van der Waals surface area contributed by atoms with Gasteiger partial charge in [-0.1, -0.05) is 18.3 Å². The van der Waals surface area contributed by atoms with Gasteiger partial charge in [0.1, 0.15) is 21.9 Å².